The van der Waals surface area contributed by atoms with Crippen molar-refractivity contribution in [1.29, 1.82) is 0 Å². The molecule has 0 amide bonds. The smallest absolute Gasteiger partial charge is 0.311 e. The summed E-state index contributed by atoms with van der Waals surface area (Å²) in [6.07, 6.45) is 6.62. The number of carboxylic acids is 1. The van der Waals surface area contributed by atoms with Crippen molar-refractivity contribution in [2.45, 2.75) is 25.2 Å². The SMILES string of the molecule is O=C(O)CC(CCC(=O)Oc1ccc(C=CC(=O)c2ccccc2)cc1)c1ccc(C=CC(=O)c2ccccc2)cc1. The molecule has 0 saturated heterocycles. The van der Waals surface area contributed by atoms with Crippen LogP contribution in [0.5, 0.6) is 5.75 Å². The number of carbonyl (C=O) groups excluding carboxylic acids is 3. The van der Waals surface area contributed by atoms with Crippen LogP contribution in [0.15, 0.2) is 121 Å². The number of hydrogen-bond acceptors (Lipinski definition) is 5. The maximum absolute atomic E-state index is 12.5. The van der Waals surface area contributed by atoms with Crippen LogP contribution in [0.2, 0.25) is 0 Å². The molecule has 0 fully saturated rings. The number of ether oxygens (including phenoxy) is 1. The van der Waals surface area contributed by atoms with Gasteiger partial charge in [-0.15, -0.1) is 0 Å². The summed E-state index contributed by atoms with van der Waals surface area (Å²) in [5.41, 5.74) is 3.57. The largest absolute Gasteiger partial charge is 0.481 e. The molecular formula is C36H30O6. The minimum atomic E-state index is -0.958. The summed E-state index contributed by atoms with van der Waals surface area (Å²) in [5.74, 6) is -1.65. The van der Waals surface area contributed by atoms with E-state index in [0.29, 0.717) is 23.3 Å². The second-order valence-corrected chi connectivity index (χ2v) is 9.67. The number of esters is 1. The van der Waals surface area contributed by atoms with Crippen molar-refractivity contribution >= 4 is 35.7 Å². The fraction of sp³-hybridized carbons (Fsp3) is 0.111. The van der Waals surface area contributed by atoms with E-state index in [1.807, 2.05) is 36.4 Å². The zero-order valence-corrected chi connectivity index (χ0v) is 22.9. The number of hydrogen-bond donors (Lipinski definition) is 1. The van der Waals surface area contributed by atoms with E-state index >= 15 is 0 Å². The maximum Gasteiger partial charge on any atom is 0.311 e. The van der Waals surface area contributed by atoms with E-state index < -0.39 is 11.9 Å². The van der Waals surface area contributed by atoms with Crippen molar-refractivity contribution in [3.05, 3.63) is 149 Å². The second-order valence-electron chi connectivity index (χ2n) is 9.67. The molecule has 0 aromatic heterocycles. The fourth-order valence-corrected chi connectivity index (χ4v) is 4.34. The average molecular weight is 559 g/mol. The minimum Gasteiger partial charge on any atom is -0.481 e. The van der Waals surface area contributed by atoms with Crippen LogP contribution < -0.4 is 4.74 Å². The van der Waals surface area contributed by atoms with Gasteiger partial charge in [0.05, 0.1) is 6.42 Å². The van der Waals surface area contributed by atoms with E-state index in [1.54, 1.807) is 84.9 Å². The molecule has 0 heterocycles. The zero-order valence-electron chi connectivity index (χ0n) is 22.9. The summed E-state index contributed by atoms with van der Waals surface area (Å²) >= 11 is 0. The first-order valence-corrected chi connectivity index (χ1v) is 13.5. The predicted octanol–water partition coefficient (Wildman–Crippen LogP) is 7.42. The van der Waals surface area contributed by atoms with Gasteiger partial charge in [-0.25, -0.2) is 0 Å². The molecule has 4 aromatic rings. The van der Waals surface area contributed by atoms with Crippen LogP contribution in [0.1, 0.15) is 62.6 Å². The van der Waals surface area contributed by atoms with Crippen molar-refractivity contribution in [3.63, 3.8) is 0 Å². The van der Waals surface area contributed by atoms with Crippen molar-refractivity contribution in [2.75, 3.05) is 0 Å². The van der Waals surface area contributed by atoms with Crippen molar-refractivity contribution in [3.8, 4) is 5.75 Å². The number of allylic oxidation sites excluding steroid dienone is 2. The molecule has 1 unspecified atom stereocenters. The number of ketones is 2. The van der Waals surface area contributed by atoms with Crippen molar-refractivity contribution in [2.24, 2.45) is 0 Å². The van der Waals surface area contributed by atoms with Crippen LogP contribution >= 0.6 is 0 Å². The summed E-state index contributed by atoms with van der Waals surface area (Å²) in [4.78, 5) is 48.6. The molecule has 6 nitrogen and oxygen atoms in total. The standard InChI is InChI=1S/C36H30O6/c37-33(29-7-3-1-4-8-29)22-15-26-11-17-28(18-12-26)31(25-35(39)40)19-24-36(41)42-32-20-13-27(14-21-32)16-23-34(38)30-9-5-2-6-10-30/h1-18,20-23,31H,19,24-25H2,(H,39,40). The van der Waals surface area contributed by atoms with Gasteiger partial charge in [-0.3, -0.25) is 19.2 Å². The quantitative estimate of drug-likeness (QED) is 0.0794. The van der Waals surface area contributed by atoms with Crippen LogP contribution in [0.4, 0.5) is 0 Å². The Labute approximate surface area is 244 Å². The lowest BCUT2D eigenvalue weighted by Gasteiger charge is -2.15. The molecule has 0 radical (unpaired) electrons. The van der Waals surface area contributed by atoms with Gasteiger partial charge >= 0.3 is 11.9 Å². The van der Waals surface area contributed by atoms with E-state index in [9.17, 15) is 24.3 Å². The van der Waals surface area contributed by atoms with Gasteiger partial charge in [0.1, 0.15) is 5.75 Å². The lowest BCUT2D eigenvalue weighted by Crippen LogP contribution is -2.12. The van der Waals surface area contributed by atoms with Gasteiger partial charge in [0, 0.05) is 17.5 Å². The summed E-state index contributed by atoms with van der Waals surface area (Å²) in [6, 6.07) is 32.0. The summed E-state index contributed by atoms with van der Waals surface area (Å²) in [6.45, 7) is 0. The summed E-state index contributed by atoms with van der Waals surface area (Å²) < 4.78 is 5.45. The predicted molar refractivity (Wildman–Crippen MR) is 162 cm³/mol. The monoisotopic (exact) mass is 558 g/mol. The van der Waals surface area contributed by atoms with Gasteiger partial charge in [0.25, 0.3) is 0 Å². The Balaban J connectivity index is 1.30. The van der Waals surface area contributed by atoms with Crippen LogP contribution in [0.3, 0.4) is 0 Å². The maximum atomic E-state index is 12.5. The number of benzene rings is 4. The normalized spacial score (nSPS) is 11.8. The summed E-state index contributed by atoms with van der Waals surface area (Å²) in [7, 11) is 0. The van der Waals surface area contributed by atoms with Crippen LogP contribution in [-0.2, 0) is 9.59 Å². The van der Waals surface area contributed by atoms with Crippen molar-refractivity contribution < 1.29 is 29.0 Å². The Hall–Kier alpha value is -5.36. The molecule has 1 N–H and O–H groups in total. The van der Waals surface area contributed by atoms with Gasteiger partial charge in [0.15, 0.2) is 11.6 Å². The zero-order chi connectivity index (χ0) is 29.7. The highest BCUT2D eigenvalue weighted by Crippen LogP contribution is 2.26. The Morgan fingerprint density at radius 3 is 1.60 bits per heavy atom. The fourth-order valence-electron chi connectivity index (χ4n) is 4.34. The molecule has 210 valence electrons. The molecule has 0 aliphatic heterocycles. The molecule has 1 atom stereocenters. The first kappa shape index (κ1) is 29.6. The number of carboxylic acid groups (broad SMARTS) is 1. The van der Waals surface area contributed by atoms with E-state index in [1.165, 1.54) is 12.2 Å². The first-order valence-electron chi connectivity index (χ1n) is 13.5. The Morgan fingerprint density at radius 1 is 0.643 bits per heavy atom. The van der Waals surface area contributed by atoms with E-state index in [4.69, 9.17) is 4.74 Å². The highest BCUT2D eigenvalue weighted by atomic mass is 16.5. The lowest BCUT2D eigenvalue weighted by molar-refractivity contribution is -0.138. The topological polar surface area (TPSA) is 97.7 Å². The lowest BCUT2D eigenvalue weighted by atomic mass is 9.90. The molecule has 42 heavy (non-hydrogen) atoms. The Bertz CT molecular complexity index is 1570. The third-order valence-corrected chi connectivity index (χ3v) is 6.61. The highest BCUT2D eigenvalue weighted by molar-refractivity contribution is 6.07. The van der Waals surface area contributed by atoms with Crippen LogP contribution in [0.25, 0.3) is 12.2 Å². The molecule has 0 bridgehead atoms. The van der Waals surface area contributed by atoms with Crippen LogP contribution in [-0.4, -0.2) is 28.6 Å². The minimum absolute atomic E-state index is 0.0401. The number of carbonyl (C=O) groups is 4. The summed E-state index contributed by atoms with van der Waals surface area (Å²) in [5, 5.41) is 9.43. The van der Waals surface area contributed by atoms with Gasteiger partial charge in [0.2, 0.25) is 0 Å². The molecule has 6 heteroatoms. The second kappa shape index (κ2) is 14.9. The Kier molecular flexibility index (Phi) is 10.5. The molecule has 4 aromatic carbocycles. The molecule has 0 spiro atoms. The highest BCUT2D eigenvalue weighted by Gasteiger charge is 2.18. The Morgan fingerprint density at radius 2 is 1.12 bits per heavy atom. The molecule has 0 saturated carbocycles. The van der Waals surface area contributed by atoms with Crippen LogP contribution in [0, 0.1) is 0 Å². The molecule has 4 rings (SSSR count). The number of rotatable bonds is 13. The van der Waals surface area contributed by atoms with E-state index in [-0.39, 0.29) is 30.3 Å². The number of aliphatic carboxylic acids is 1. The third-order valence-electron chi connectivity index (χ3n) is 6.61. The van der Waals surface area contributed by atoms with Gasteiger partial charge in [-0.1, -0.05) is 109 Å². The molecule has 0 aliphatic carbocycles. The molecular weight excluding hydrogens is 528 g/mol. The third kappa shape index (κ3) is 9.10. The van der Waals surface area contributed by atoms with Crippen molar-refractivity contribution in [1.82, 2.24) is 0 Å². The average Bonchev–Trinajstić information content (AvgIpc) is 3.02. The van der Waals surface area contributed by atoms with E-state index in [0.717, 1.165) is 16.7 Å². The van der Waals surface area contributed by atoms with Gasteiger partial charge < -0.3 is 9.84 Å². The van der Waals surface area contributed by atoms with Gasteiger partial charge in [-0.05, 0) is 53.3 Å². The first-order chi connectivity index (χ1) is 20.4. The van der Waals surface area contributed by atoms with Gasteiger partial charge in [-0.2, -0.15) is 0 Å². The molecule has 0 aliphatic rings. The van der Waals surface area contributed by atoms with E-state index in [2.05, 4.69) is 0 Å².